The maximum atomic E-state index is 13.8. The highest BCUT2D eigenvalue weighted by molar-refractivity contribution is 7.54. The number of thiophene rings is 1. The summed E-state index contributed by atoms with van der Waals surface area (Å²) in [6, 6.07) is 9.32. The van der Waals surface area contributed by atoms with Gasteiger partial charge in [0.15, 0.2) is 5.66 Å². The van der Waals surface area contributed by atoms with Gasteiger partial charge in [-0.25, -0.2) is 4.79 Å². The minimum atomic E-state index is -4.84. The van der Waals surface area contributed by atoms with E-state index >= 15 is 0 Å². The lowest BCUT2D eigenvalue weighted by molar-refractivity contribution is -0.118. The number of carbonyl (C=O) groups excluding carboxylic acids is 2. The Morgan fingerprint density at radius 3 is 2.42 bits per heavy atom. The molecule has 2 aromatic carbocycles. The highest BCUT2D eigenvalue weighted by Crippen LogP contribution is 2.59. The van der Waals surface area contributed by atoms with E-state index in [2.05, 4.69) is 6.58 Å². The van der Waals surface area contributed by atoms with E-state index in [1.54, 1.807) is 37.4 Å². The Bertz CT molecular complexity index is 1330. The van der Waals surface area contributed by atoms with Crippen molar-refractivity contribution in [3.63, 3.8) is 0 Å². The molecule has 1 N–H and O–H groups in total. The summed E-state index contributed by atoms with van der Waals surface area (Å²) in [4.78, 5) is 37.5. The molecule has 3 rings (SSSR count). The van der Waals surface area contributed by atoms with Gasteiger partial charge in [-0.1, -0.05) is 41.4 Å². The molecule has 192 valence electrons. The van der Waals surface area contributed by atoms with Gasteiger partial charge in [0, 0.05) is 26.0 Å². The number of halogens is 3. The van der Waals surface area contributed by atoms with Crippen molar-refractivity contribution in [2.24, 2.45) is 0 Å². The average Bonchev–Trinajstić information content (AvgIpc) is 3.15. The van der Waals surface area contributed by atoms with Crippen molar-refractivity contribution in [1.29, 1.82) is 0 Å². The van der Waals surface area contributed by atoms with Crippen LogP contribution in [0.5, 0.6) is 0 Å². The fourth-order valence-corrected chi connectivity index (χ4v) is 6.34. The third-order valence-corrected chi connectivity index (χ3v) is 7.99. The minimum absolute atomic E-state index is 0.193. The van der Waals surface area contributed by atoms with E-state index in [0.29, 0.717) is 10.4 Å². The molecular weight excluding hydrogens is 572 g/mol. The maximum Gasteiger partial charge on any atom is 0.510 e. The molecule has 0 spiro atoms. The molecule has 2 atom stereocenters. The molecule has 0 bridgehead atoms. The average molecular weight is 593 g/mol. The molecule has 13 heteroatoms. The number of carbonyl (C=O) groups is 2. The number of anilines is 1. The first-order chi connectivity index (χ1) is 16.9. The largest absolute Gasteiger partial charge is 0.510 e. The lowest BCUT2D eigenvalue weighted by Crippen LogP contribution is -2.31. The summed E-state index contributed by atoms with van der Waals surface area (Å²) in [7, 11) is -4.84. The number of hydrogen-bond donors (Lipinski definition) is 1. The predicted molar refractivity (Wildman–Crippen MR) is 142 cm³/mol. The van der Waals surface area contributed by atoms with Crippen molar-refractivity contribution >= 4 is 81.6 Å². The van der Waals surface area contributed by atoms with Crippen LogP contribution in [-0.2, 0) is 23.4 Å². The van der Waals surface area contributed by atoms with Crippen LogP contribution in [0, 0.1) is 0 Å². The third-order valence-electron chi connectivity index (χ3n) is 4.71. The van der Waals surface area contributed by atoms with E-state index in [4.69, 9.17) is 48.8 Å². The van der Waals surface area contributed by atoms with E-state index < -0.39 is 38.2 Å². The maximum absolute atomic E-state index is 13.8. The second kappa shape index (κ2) is 12.0. The molecule has 0 saturated carbocycles. The van der Waals surface area contributed by atoms with Crippen molar-refractivity contribution in [3.05, 3.63) is 75.2 Å². The zero-order valence-corrected chi connectivity index (χ0v) is 23.0. The SMILES string of the molecule is C=CN(C(=O)C(c1csc2ccc(Cl)cc12)P(=O)(O)OCOC(=O)OC(C)C)c1cc(Cl)cc(Cl)c1. The molecule has 3 aromatic rings. The van der Waals surface area contributed by atoms with Gasteiger partial charge in [-0.3, -0.25) is 18.8 Å². The number of benzene rings is 2. The molecule has 0 aliphatic carbocycles. The lowest BCUT2D eigenvalue weighted by atomic mass is 10.1. The molecule has 2 unspecified atom stereocenters. The Morgan fingerprint density at radius 2 is 1.81 bits per heavy atom. The van der Waals surface area contributed by atoms with Crippen molar-refractivity contribution in [2.75, 3.05) is 11.7 Å². The lowest BCUT2D eigenvalue weighted by Gasteiger charge is -2.27. The van der Waals surface area contributed by atoms with Crippen LogP contribution in [0.1, 0.15) is 25.1 Å². The molecule has 0 radical (unpaired) electrons. The fraction of sp³-hybridized carbons (Fsp3) is 0.217. The van der Waals surface area contributed by atoms with Crippen molar-refractivity contribution in [2.45, 2.75) is 25.6 Å². The van der Waals surface area contributed by atoms with Gasteiger partial charge in [0.1, 0.15) is 0 Å². The molecule has 1 heterocycles. The zero-order valence-electron chi connectivity index (χ0n) is 19.0. The van der Waals surface area contributed by atoms with Gasteiger partial charge in [-0.15, -0.1) is 11.3 Å². The molecule has 0 saturated heterocycles. The highest BCUT2D eigenvalue weighted by Gasteiger charge is 2.44. The molecule has 0 fully saturated rings. The Morgan fingerprint density at radius 1 is 1.14 bits per heavy atom. The Labute approximate surface area is 226 Å². The highest BCUT2D eigenvalue weighted by atomic mass is 35.5. The molecule has 1 aromatic heterocycles. The van der Waals surface area contributed by atoms with Crippen molar-refractivity contribution in [1.82, 2.24) is 0 Å². The zero-order chi connectivity index (χ0) is 26.6. The fourth-order valence-electron chi connectivity index (χ4n) is 3.26. The van der Waals surface area contributed by atoms with Crippen LogP contribution >= 0.6 is 53.7 Å². The molecule has 0 aliphatic heterocycles. The van der Waals surface area contributed by atoms with Gasteiger partial charge < -0.3 is 14.4 Å². The number of fused-ring (bicyclic) bond motifs is 1. The number of rotatable bonds is 9. The summed E-state index contributed by atoms with van der Waals surface area (Å²) < 4.78 is 28.8. The molecule has 8 nitrogen and oxygen atoms in total. The number of nitrogens with zero attached hydrogens (tertiary/aromatic N) is 1. The molecule has 1 amide bonds. The Balaban J connectivity index is 2.04. The van der Waals surface area contributed by atoms with Crippen LogP contribution in [0.15, 0.2) is 54.6 Å². The van der Waals surface area contributed by atoms with E-state index in [-0.39, 0.29) is 21.3 Å². The second-order valence-electron chi connectivity index (χ2n) is 7.62. The van der Waals surface area contributed by atoms with Gasteiger partial charge in [-0.2, -0.15) is 0 Å². The summed E-state index contributed by atoms with van der Waals surface area (Å²) in [5, 5.41) is 2.89. The van der Waals surface area contributed by atoms with Crippen LogP contribution in [0.25, 0.3) is 10.1 Å². The number of amides is 1. The summed E-state index contributed by atoms with van der Waals surface area (Å²) in [6.07, 6.45) is -0.405. The first-order valence-electron chi connectivity index (χ1n) is 10.3. The number of hydrogen-bond acceptors (Lipinski definition) is 7. The van der Waals surface area contributed by atoms with Gasteiger partial charge in [0.2, 0.25) is 6.79 Å². The van der Waals surface area contributed by atoms with E-state index in [1.807, 2.05) is 0 Å². The normalized spacial score (nSPS) is 13.8. The van der Waals surface area contributed by atoms with Crippen molar-refractivity contribution in [3.8, 4) is 0 Å². The summed E-state index contributed by atoms with van der Waals surface area (Å²) in [5.41, 5.74) is -1.34. The Kier molecular flexibility index (Phi) is 9.46. The van der Waals surface area contributed by atoms with Crippen molar-refractivity contribution < 1.29 is 33.0 Å². The topological polar surface area (TPSA) is 102 Å². The summed E-state index contributed by atoms with van der Waals surface area (Å²) in [5.74, 6) is -0.862. The first kappa shape index (κ1) is 28.5. The molecule has 0 aliphatic rings. The summed E-state index contributed by atoms with van der Waals surface area (Å²) >= 11 is 19.6. The van der Waals surface area contributed by atoms with Gasteiger partial charge in [-0.05, 0) is 66.6 Å². The van der Waals surface area contributed by atoms with Gasteiger partial charge in [0.05, 0.1) is 11.8 Å². The standard InChI is InChI=1S/C23H21Cl3NO7PS/c1-4-27(17-8-15(25)7-16(26)9-17)22(28)21(19-11-36-20-6-5-14(24)10-18(19)20)35(30,31)33-12-32-23(29)34-13(2)3/h4-11,13,21H,1,12H2,2-3H3,(H,30,31). The van der Waals surface area contributed by atoms with E-state index in [9.17, 15) is 19.0 Å². The van der Waals surface area contributed by atoms with Crippen LogP contribution in [-0.4, -0.2) is 29.9 Å². The van der Waals surface area contributed by atoms with Crippen LogP contribution in [0.3, 0.4) is 0 Å². The van der Waals surface area contributed by atoms with Crippen LogP contribution < -0.4 is 4.90 Å². The monoisotopic (exact) mass is 591 g/mol. The van der Waals surface area contributed by atoms with Crippen LogP contribution in [0.4, 0.5) is 10.5 Å². The Hall–Kier alpha value is -2.10. The first-order valence-corrected chi connectivity index (χ1v) is 14.0. The van der Waals surface area contributed by atoms with Crippen LogP contribution in [0.2, 0.25) is 15.1 Å². The van der Waals surface area contributed by atoms with E-state index in [0.717, 1.165) is 15.8 Å². The second-order valence-corrected chi connectivity index (χ2v) is 11.7. The summed E-state index contributed by atoms with van der Waals surface area (Å²) in [6.45, 7) is 5.94. The predicted octanol–water partition coefficient (Wildman–Crippen LogP) is 7.80. The van der Waals surface area contributed by atoms with Gasteiger partial charge in [0.25, 0.3) is 5.91 Å². The smallest absolute Gasteiger partial charge is 0.432 e. The molecular formula is C23H21Cl3NO7PS. The molecule has 36 heavy (non-hydrogen) atoms. The third kappa shape index (κ3) is 6.81. The van der Waals surface area contributed by atoms with E-state index in [1.165, 1.54) is 29.5 Å². The van der Waals surface area contributed by atoms with Gasteiger partial charge >= 0.3 is 13.8 Å². The number of ether oxygens (including phenoxy) is 2. The minimum Gasteiger partial charge on any atom is -0.432 e. The quantitative estimate of drug-likeness (QED) is 0.154.